The van der Waals surface area contributed by atoms with Crippen molar-refractivity contribution in [2.45, 2.75) is 25.2 Å². The minimum absolute atomic E-state index is 0.00430. The lowest BCUT2D eigenvalue weighted by Gasteiger charge is -2.35. The summed E-state index contributed by atoms with van der Waals surface area (Å²) in [4.78, 5) is 0. The Bertz CT molecular complexity index is 814. The summed E-state index contributed by atoms with van der Waals surface area (Å²) in [5, 5.41) is 0. The first kappa shape index (κ1) is 17.4. The highest BCUT2D eigenvalue weighted by atomic mass is 19.2. The van der Waals surface area contributed by atoms with E-state index in [-0.39, 0.29) is 18.0 Å². The van der Waals surface area contributed by atoms with Crippen LogP contribution in [0.5, 0.6) is 5.75 Å². The third kappa shape index (κ3) is 3.82. The minimum atomic E-state index is -1.03. The van der Waals surface area contributed by atoms with E-state index in [0.717, 1.165) is 18.4 Å². The van der Waals surface area contributed by atoms with Gasteiger partial charge in [0, 0.05) is 5.56 Å². The van der Waals surface area contributed by atoms with Crippen molar-refractivity contribution in [3.8, 4) is 17.6 Å². The third-order valence-electron chi connectivity index (χ3n) is 4.72. The molecule has 25 heavy (non-hydrogen) atoms. The maximum absolute atomic E-state index is 14.0. The molecule has 4 heteroatoms. The van der Waals surface area contributed by atoms with Crippen molar-refractivity contribution in [2.24, 2.45) is 5.92 Å². The van der Waals surface area contributed by atoms with E-state index in [4.69, 9.17) is 4.74 Å². The topological polar surface area (TPSA) is 9.23 Å². The molecule has 0 N–H and O–H groups in total. The van der Waals surface area contributed by atoms with Crippen LogP contribution in [0.25, 0.3) is 0 Å². The van der Waals surface area contributed by atoms with Crippen molar-refractivity contribution in [3.63, 3.8) is 0 Å². The molecule has 1 saturated carbocycles. The van der Waals surface area contributed by atoms with Crippen LogP contribution in [0.15, 0.2) is 36.4 Å². The smallest absolute Gasteiger partial charge is 0.201 e. The quantitative estimate of drug-likeness (QED) is 0.691. The highest BCUT2D eigenvalue weighted by molar-refractivity contribution is 5.47. The van der Waals surface area contributed by atoms with Gasteiger partial charge in [0.15, 0.2) is 11.6 Å². The maximum Gasteiger partial charge on any atom is 0.201 e. The van der Waals surface area contributed by atoms with Crippen LogP contribution in [-0.2, 0) is 0 Å². The Hall–Kier alpha value is -2.41. The molecule has 0 radical (unpaired) electrons. The molecule has 0 bridgehead atoms. The Morgan fingerprint density at radius 2 is 1.88 bits per heavy atom. The Morgan fingerprint density at radius 3 is 2.60 bits per heavy atom. The fourth-order valence-corrected chi connectivity index (χ4v) is 3.19. The summed E-state index contributed by atoms with van der Waals surface area (Å²) < 4.78 is 44.8. The van der Waals surface area contributed by atoms with Crippen LogP contribution in [0.1, 0.15) is 41.9 Å². The summed E-state index contributed by atoms with van der Waals surface area (Å²) in [6.07, 6.45) is 2.64. The van der Waals surface area contributed by atoms with Crippen LogP contribution in [0.2, 0.25) is 0 Å². The van der Waals surface area contributed by atoms with Gasteiger partial charge in [0.1, 0.15) is 0 Å². The molecule has 1 aliphatic carbocycles. The summed E-state index contributed by atoms with van der Waals surface area (Å²) >= 11 is 0. The zero-order valence-corrected chi connectivity index (χ0v) is 14.0. The highest BCUT2D eigenvalue weighted by Gasteiger charge is 2.29. The summed E-state index contributed by atoms with van der Waals surface area (Å²) in [7, 11) is 1.29. The van der Waals surface area contributed by atoms with Crippen molar-refractivity contribution >= 4 is 0 Å². The number of hydrogen-bond donors (Lipinski definition) is 0. The average molecular weight is 344 g/mol. The first-order valence-electron chi connectivity index (χ1n) is 8.32. The average Bonchev–Trinajstić information content (AvgIpc) is 2.59. The lowest BCUT2D eigenvalue weighted by molar-refractivity contribution is 0.227. The largest absolute Gasteiger partial charge is 0.494 e. The number of alkyl halides is 1. The summed E-state index contributed by atoms with van der Waals surface area (Å²) in [6, 6.07) is 10.5. The van der Waals surface area contributed by atoms with E-state index >= 15 is 0 Å². The molecule has 0 amide bonds. The molecular weight excluding hydrogens is 325 g/mol. The van der Waals surface area contributed by atoms with E-state index in [2.05, 4.69) is 11.8 Å². The predicted octanol–water partition coefficient (Wildman–Crippen LogP) is 5.23. The molecule has 1 aliphatic rings. The van der Waals surface area contributed by atoms with E-state index < -0.39 is 11.6 Å². The lowest BCUT2D eigenvalue weighted by Crippen LogP contribution is -2.22. The van der Waals surface area contributed by atoms with E-state index in [9.17, 15) is 13.2 Å². The predicted molar refractivity (Wildman–Crippen MR) is 91.4 cm³/mol. The standard InChI is InChI=1S/C21H19F3O/c1-25-19-8-7-16(20(23)21(19)24)6-5-14-3-2-4-17(11-14)18-12-15(13-18)9-10-22/h2-4,7-8,11,15,18H,9-10,12-13H2,1H3. The number of rotatable bonds is 4. The molecule has 2 aromatic rings. The maximum atomic E-state index is 14.0. The summed E-state index contributed by atoms with van der Waals surface area (Å²) in [5.41, 5.74) is 1.92. The SMILES string of the molecule is COc1ccc(C#Cc2cccc(C3CC(CCF)C3)c2)c(F)c1F. The molecule has 0 aromatic heterocycles. The molecule has 0 spiro atoms. The molecule has 1 fully saturated rings. The van der Waals surface area contributed by atoms with Gasteiger partial charge in [0.2, 0.25) is 5.82 Å². The van der Waals surface area contributed by atoms with Crippen molar-refractivity contribution in [2.75, 3.05) is 13.8 Å². The van der Waals surface area contributed by atoms with Crippen molar-refractivity contribution in [1.29, 1.82) is 0 Å². The van der Waals surface area contributed by atoms with Crippen molar-refractivity contribution in [3.05, 3.63) is 64.7 Å². The number of methoxy groups -OCH3 is 1. The Morgan fingerprint density at radius 1 is 1.08 bits per heavy atom. The number of benzene rings is 2. The second-order valence-electron chi connectivity index (χ2n) is 6.33. The summed E-state index contributed by atoms with van der Waals surface area (Å²) in [6.45, 7) is -0.257. The second-order valence-corrected chi connectivity index (χ2v) is 6.33. The van der Waals surface area contributed by atoms with E-state index in [1.54, 1.807) is 0 Å². The van der Waals surface area contributed by atoms with Gasteiger partial charge in [-0.2, -0.15) is 4.39 Å². The van der Waals surface area contributed by atoms with Gasteiger partial charge in [-0.25, -0.2) is 4.39 Å². The highest BCUT2D eigenvalue weighted by Crippen LogP contribution is 2.43. The monoisotopic (exact) mass is 344 g/mol. The van der Waals surface area contributed by atoms with Crippen LogP contribution in [0, 0.1) is 29.4 Å². The van der Waals surface area contributed by atoms with Gasteiger partial charge >= 0.3 is 0 Å². The van der Waals surface area contributed by atoms with Crippen LogP contribution in [-0.4, -0.2) is 13.8 Å². The third-order valence-corrected chi connectivity index (χ3v) is 4.72. The van der Waals surface area contributed by atoms with E-state index in [1.165, 1.54) is 24.8 Å². The normalized spacial score (nSPS) is 18.9. The molecule has 2 aromatic carbocycles. The van der Waals surface area contributed by atoms with Crippen molar-refractivity contribution in [1.82, 2.24) is 0 Å². The van der Waals surface area contributed by atoms with E-state index in [1.807, 2.05) is 24.3 Å². The molecule has 1 nitrogen and oxygen atoms in total. The Kier molecular flexibility index (Phi) is 5.33. The molecule has 0 aliphatic heterocycles. The van der Waals surface area contributed by atoms with Gasteiger partial charge in [-0.05, 0) is 60.9 Å². The van der Waals surface area contributed by atoms with Gasteiger partial charge in [-0.1, -0.05) is 24.0 Å². The number of ether oxygens (including phenoxy) is 1. The van der Waals surface area contributed by atoms with Crippen LogP contribution < -0.4 is 4.74 Å². The lowest BCUT2D eigenvalue weighted by atomic mass is 9.70. The van der Waals surface area contributed by atoms with Crippen LogP contribution in [0.4, 0.5) is 13.2 Å². The fourth-order valence-electron chi connectivity index (χ4n) is 3.19. The number of halogens is 3. The molecular formula is C21H19F3O. The Labute approximate surface area is 145 Å². The van der Waals surface area contributed by atoms with Gasteiger partial charge < -0.3 is 4.74 Å². The number of hydrogen-bond acceptors (Lipinski definition) is 1. The van der Waals surface area contributed by atoms with Crippen molar-refractivity contribution < 1.29 is 17.9 Å². The Balaban J connectivity index is 1.76. The minimum Gasteiger partial charge on any atom is -0.494 e. The molecule has 0 atom stereocenters. The first-order chi connectivity index (χ1) is 12.1. The molecule has 3 rings (SSSR count). The van der Waals surface area contributed by atoms with E-state index in [0.29, 0.717) is 18.3 Å². The van der Waals surface area contributed by atoms with Crippen LogP contribution >= 0.6 is 0 Å². The molecule has 0 heterocycles. The zero-order chi connectivity index (χ0) is 17.8. The second kappa shape index (κ2) is 7.65. The van der Waals surface area contributed by atoms with Gasteiger partial charge in [-0.3, -0.25) is 4.39 Å². The summed E-state index contributed by atoms with van der Waals surface area (Å²) in [5.74, 6) is 4.31. The van der Waals surface area contributed by atoms with Gasteiger partial charge in [0.25, 0.3) is 0 Å². The van der Waals surface area contributed by atoms with Gasteiger partial charge in [0.05, 0.1) is 19.3 Å². The fraction of sp³-hybridized carbons (Fsp3) is 0.333. The first-order valence-corrected chi connectivity index (χ1v) is 8.32. The molecule has 0 saturated heterocycles. The molecule has 130 valence electrons. The van der Waals surface area contributed by atoms with Gasteiger partial charge in [-0.15, -0.1) is 0 Å². The van der Waals surface area contributed by atoms with Crippen LogP contribution in [0.3, 0.4) is 0 Å². The zero-order valence-electron chi connectivity index (χ0n) is 14.0. The molecule has 0 unspecified atom stereocenters.